The highest BCUT2D eigenvalue weighted by atomic mass is 32.1. The lowest BCUT2D eigenvalue weighted by molar-refractivity contribution is -0.142. The number of rotatable bonds is 1. The normalized spacial score (nSPS) is 17.8. The number of fused-ring (bicyclic) bond motifs is 6. The Morgan fingerprint density at radius 1 is 0.893 bits per heavy atom. The fraction of sp³-hybridized carbons (Fsp3) is 0.0952. The molecule has 0 aliphatic carbocycles. The summed E-state index contributed by atoms with van der Waals surface area (Å²) >= 11 is 4.66. The van der Waals surface area contributed by atoms with Crippen molar-refractivity contribution in [2.45, 2.75) is 11.9 Å². The molecule has 2 aliphatic rings. The molecule has 3 aromatic carbocycles. The van der Waals surface area contributed by atoms with E-state index in [0.717, 1.165) is 0 Å². The quantitative estimate of drug-likeness (QED) is 0.424. The second-order valence-corrected chi connectivity index (χ2v) is 6.77. The molecular formula is C21H13NO5S. The molecule has 1 spiro atoms. The van der Waals surface area contributed by atoms with Crippen LogP contribution in [0.25, 0.3) is 0 Å². The van der Waals surface area contributed by atoms with Gasteiger partial charge in [0.1, 0.15) is 23.0 Å². The Labute approximate surface area is 164 Å². The molecule has 1 atom stereocenters. The van der Waals surface area contributed by atoms with E-state index >= 15 is 0 Å². The molecule has 0 saturated heterocycles. The molecule has 3 N–H and O–H groups in total. The van der Waals surface area contributed by atoms with Crippen molar-refractivity contribution in [3.8, 4) is 23.0 Å². The Kier molecular flexibility index (Phi) is 3.56. The zero-order valence-corrected chi connectivity index (χ0v) is 15.1. The van der Waals surface area contributed by atoms with Crippen molar-refractivity contribution < 1.29 is 24.8 Å². The molecule has 0 saturated carbocycles. The van der Waals surface area contributed by atoms with E-state index in [1.807, 2.05) is 6.07 Å². The summed E-state index contributed by atoms with van der Waals surface area (Å²) in [5.41, 5.74) is 1.91. The van der Waals surface area contributed by atoms with Crippen LogP contribution in [-0.2, 0) is 10.3 Å². The Hall–Kier alpha value is -3.22. The topological polar surface area (TPSA) is 91.5 Å². The van der Waals surface area contributed by atoms with Gasteiger partial charge >= 0.3 is 0 Å². The van der Waals surface area contributed by atoms with Gasteiger partial charge in [-0.1, -0.05) is 6.07 Å². The van der Waals surface area contributed by atoms with Crippen molar-refractivity contribution in [2.75, 3.05) is 0 Å². The minimum Gasteiger partial charge on any atom is -0.508 e. The van der Waals surface area contributed by atoms with Gasteiger partial charge in [-0.05, 0) is 48.6 Å². The molecule has 28 heavy (non-hydrogen) atoms. The first-order chi connectivity index (χ1) is 13.5. The first-order valence-corrected chi connectivity index (χ1v) is 8.87. The summed E-state index contributed by atoms with van der Waals surface area (Å²) in [6, 6.07) is 14.7. The second-order valence-electron chi connectivity index (χ2n) is 6.59. The zero-order valence-electron chi connectivity index (χ0n) is 14.3. The number of aliphatic hydroxyl groups excluding tert-OH is 1. The molecule has 0 amide bonds. The molecule has 138 valence electrons. The average molecular weight is 391 g/mol. The molecule has 0 fully saturated rings. The van der Waals surface area contributed by atoms with E-state index in [1.54, 1.807) is 24.3 Å². The number of thiocarbonyl (C=S) groups is 1. The van der Waals surface area contributed by atoms with Crippen LogP contribution in [0.1, 0.15) is 28.5 Å². The van der Waals surface area contributed by atoms with Crippen LogP contribution in [0.3, 0.4) is 0 Å². The lowest BCUT2D eigenvalue weighted by atomic mass is 9.77. The van der Waals surface area contributed by atoms with E-state index in [9.17, 15) is 15.3 Å². The number of phenolic OH excluding ortho intramolecular Hbond substituents is 2. The predicted octanol–water partition coefficient (Wildman–Crippen LogP) is 4.25. The summed E-state index contributed by atoms with van der Waals surface area (Å²) in [6.45, 7) is 0. The number of aliphatic hydroxyl groups is 1. The summed E-state index contributed by atoms with van der Waals surface area (Å²) in [5, 5.41) is 32.8. The third kappa shape index (κ3) is 2.22. The van der Waals surface area contributed by atoms with Crippen LogP contribution >= 0.6 is 12.2 Å². The molecule has 2 aliphatic heterocycles. The van der Waals surface area contributed by atoms with Crippen LogP contribution < -0.4 is 4.74 Å². The summed E-state index contributed by atoms with van der Waals surface area (Å²) in [4.78, 5) is 3.97. The van der Waals surface area contributed by atoms with Crippen LogP contribution in [0.2, 0.25) is 0 Å². The van der Waals surface area contributed by atoms with Crippen molar-refractivity contribution in [2.24, 2.45) is 4.99 Å². The Balaban J connectivity index is 1.85. The third-order valence-corrected chi connectivity index (χ3v) is 5.14. The monoisotopic (exact) mass is 391 g/mol. The average Bonchev–Trinajstić information content (AvgIpc) is 2.94. The summed E-state index contributed by atoms with van der Waals surface area (Å²) in [5.74, 6) is 0.808. The number of phenols is 2. The van der Waals surface area contributed by atoms with Gasteiger partial charge in [-0.3, -0.25) is 0 Å². The van der Waals surface area contributed by atoms with E-state index in [1.165, 1.54) is 24.3 Å². The summed E-state index contributed by atoms with van der Waals surface area (Å²) in [7, 11) is 0. The number of isothiocyanates is 1. The van der Waals surface area contributed by atoms with Crippen LogP contribution in [0.15, 0.2) is 59.6 Å². The SMILES string of the molecule is Oc1ccc2c(c1)Oc1cc(O)ccc1C21OC(O)c2cc(N=C=S)ccc21. The van der Waals surface area contributed by atoms with Crippen molar-refractivity contribution in [3.05, 3.63) is 76.9 Å². The van der Waals surface area contributed by atoms with Gasteiger partial charge in [0, 0.05) is 34.4 Å². The minimum atomic E-state index is -1.21. The Morgan fingerprint density at radius 2 is 1.50 bits per heavy atom. The van der Waals surface area contributed by atoms with Crippen LogP contribution in [0.5, 0.6) is 23.0 Å². The first kappa shape index (κ1) is 16.9. The van der Waals surface area contributed by atoms with E-state index in [2.05, 4.69) is 22.4 Å². The Bertz CT molecular complexity index is 1130. The third-order valence-electron chi connectivity index (χ3n) is 5.05. The number of hydrogen-bond acceptors (Lipinski definition) is 7. The maximum atomic E-state index is 10.7. The van der Waals surface area contributed by atoms with Gasteiger partial charge in [0.2, 0.25) is 0 Å². The molecule has 0 radical (unpaired) electrons. The highest BCUT2D eigenvalue weighted by molar-refractivity contribution is 7.78. The first-order valence-electron chi connectivity index (χ1n) is 8.46. The molecule has 7 heteroatoms. The van der Waals surface area contributed by atoms with Crippen LogP contribution in [0.4, 0.5) is 5.69 Å². The van der Waals surface area contributed by atoms with Gasteiger partial charge in [0.25, 0.3) is 0 Å². The Morgan fingerprint density at radius 3 is 2.11 bits per heavy atom. The fourth-order valence-corrected chi connectivity index (χ4v) is 4.05. The van der Waals surface area contributed by atoms with Gasteiger partial charge < -0.3 is 24.8 Å². The largest absolute Gasteiger partial charge is 0.508 e. The van der Waals surface area contributed by atoms with Crippen LogP contribution in [-0.4, -0.2) is 20.5 Å². The van der Waals surface area contributed by atoms with Gasteiger partial charge in [0.05, 0.1) is 10.8 Å². The molecular weight excluding hydrogens is 378 g/mol. The molecule has 0 bridgehead atoms. The van der Waals surface area contributed by atoms with Crippen molar-refractivity contribution in [1.82, 2.24) is 0 Å². The molecule has 3 aromatic rings. The van der Waals surface area contributed by atoms with Crippen molar-refractivity contribution >= 4 is 23.1 Å². The summed E-state index contributed by atoms with van der Waals surface area (Å²) < 4.78 is 12.1. The van der Waals surface area contributed by atoms with E-state index < -0.39 is 11.9 Å². The van der Waals surface area contributed by atoms with Gasteiger partial charge in [-0.25, -0.2) is 0 Å². The number of aliphatic imine (C=N–C) groups is 1. The standard InChI is InChI=1S/C21H13NO5S/c23-12-2-5-16-18(8-12)26-19-9-13(24)3-6-17(19)21(16)15-4-1-11(22-10-28)7-14(15)20(25)27-21/h1-9,20,23-25H. The molecule has 6 nitrogen and oxygen atoms in total. The van der Waals surface area contributed by atoms with Gasteiger partial charge in [-0.2, -0.15) is 4.99 Å². The van der Waals surface area contributed by atoms with Gasteiger partial charge in [0.15, 0.2) is 11.9 Å². The lowest BCUT2D eigenvalue weighted by Crippen LogP contribution is -2.32. The van der Waals surface area contributed by atoms with Crippen molar-refractivity contribution in [3.63, 3.8) is 0 Å². The maximum absolute atomic E-state index is 10.7. The predicted molar refractivity (Wildman–Crippen MR) is 103 cm³/mol. The highest BCUT2D eigenvalue weighted by Crippen LogP contribution is 2.59. The fourth-order valence-electron chi connectivity index (χ4n) is 3.95. The lowest BCUT2D eigenvalue weighted by Gasteiger charge is -2.37. The highest BCUT2D eigenvalue weighted by Gasteiger charge is 2.52. The second kappa shape index (κ2) is 5.89. The molecule has 0 aromatic heterocycles. The zero-order chi connectivity index (χ0) is 19.5. The van der Waals surface area contributed by atoms with Crippen LogP contribution in [0, 0.1) is 0 Å². The van der Waals surface area contributed by atoms with Gasteiger partial charge in [-0.15, -0.1) is 0 Å². The number of aromatic hydroxyl groups is 2. The molecule has 5 rings (SSSR count). The number of benzene rings is 3. The maximum Gasteiger partial charge on any atom is 0.183 e. The van der Waals surface area contributed by atoms with Crippen molar-refractivity contribution in [1.29, 1.82) is 0 Å². The molecule has 2 heterocycles. The number of ether oxygens (including phenoxy) is 2. The summed E-state index contributed by atoms with van der Waals surface area (Å²) in [6.07, 6.45) is -1.21. The van der Waals surface area contributed by atoms with E-state index in [4.69, 9.17) is 9.47 Å². The number of nitrogens with zero attached hydrogens (tertiary/aromatic N) is 1. The minimum absolute atomic E-state index is 0.0296. The smallest absolute Gasteiger partial charge is 0.183 e. The van der Waals surface area contributed by atoms with E-state index in [0.29, 0.717) is 39.4 Å². The molecule has 1 unspecified atom stereocenters. The van der Waals surface area contributed by atoms with E-state index in [-0.39, 0.29) is 11.5 Å². The number of hydrogen-bond donors (Lipinski definition) is 3.